The highest BCUT2D eigenvalue weighted by Gasteiger charge is 2.31. The molecule has 2 aromatic rings. The maximum atomic E-state index is 13.0. The zero-order valence-corrected chi connectivity index (χ0v) is 19.8. The summed E-state index contributed by atoms with van der Waals surface area (Å²) in [6, 6.07) is 16.0. The maximum Gasteiger partial charge on any atom is 0.319 e. The molecule has 176 valence electrons. The van der Waals surface area contributed by atoms with E-state index in [2.05, 4.69) is 24.5 Å². The summed E-state index contributed by atoms with van der Waals surface area (Å²) in [6.45, 7) is 7.54. The summed E-state index contributed by atoms with van der Waals surface area (Å²) in [5.74, 6) is -0.418. The van der Waals surface area contributed by atoms with Crippen LogP contribution in [-0.4, -0.2) is 48.9 Å². The Balaban J connectivity index is 1.61. The molecule has 1 aliphatic heterocycles. The monoisotopic (exact) mass is 450 g/mol. The lowest BCUT2D eigenvalue weighted by Gasteiger charge is -2.39. The van der Waals surface area contributed by atoms with Crippen LogP contribution >= 0.6 is 0 Å². The van der Waals surface area contributed by atoms with E-state index >= 15 is 0 Å². The number of aryl methyl sites for hydroxylation is 1. The van der Waals surface area contributed by atoms with Gasteiger partial charge in [0.1, 0.15) is 6.54 Å². The molecule has 0 atom stereocenters. The molecule has 1 heterocycles. The van der Waals surface area contributed by atoms with Crippen LogP contribution in [0.25, 0.3) is 0 Å². The summed E-state index contributed by atoms with van der Waals surface area (Å²) >= 11 is 0. The van der Waals surface area contributed by atoms with Crippen molar-refractivity contribution in [3.8, 4) is 0 Å². The third-order valence-corrected chi connectivity index (χ3v) is 6.52. The van der Waals surface area contributed by atoms with Crippen molar-refractivity contribution in [3.05, 3.63) is 60.2 Å². The van der Waals surface area contributed by atoms with Gasteiger partial charge in [0.05, 0.1) is 6.54 Å². The molecule has 2 aromatic carbocycles. The second kappa shape index (κ2) is 11.0. The highest BCUT2D eigenvalue weighted by molar-refractivity contribution is 6.01. The largest absolute Gasteiger partial charge is 0.341 e. The lowest BCUT2D eigenvalue weighted by Crippen LogP contribution is -2.49. The van der Waals surface area contributed by atoms with Crippen LogP contribution in [0.3, 0.4) is 0 Å². The summed E-state index contributed by atoms with van der Waals surface area (Å²) in [4.78, 5) is 41.6. The predicted octanol–water partition coefficient (Wildman–Crippen LogP) is 4.19. The second-order valence-electron chi connectivity index (χ2n) is 9.04. The van der Waals surface area contributed by atoms with E-state index in [1.807, 2.05) is 48.2 Å². The van der Waals surface area contributed by atoms with Gasteiger partial charge in [0.25, 0.3) is 0 Å². The van der Waals surface area contributed by atoms with E-state index in [0.29, 0.717) is 24.5 Å². The van der Waals surface area contributed by atoms with Crippen LogP contribution in [0.2, 0.25) is 0 Å². The molecular formula is C26H34N4O3. The van der Waals surface area contributed by atoms with Crippen LogP contribution in [0.4, 0.5) is 16.2 Å². The Labute approximate surface area is 196 Å². The van der Waals surface area contributed by atoms with Gasteiger partial charge < -0.3 is 20.4 Å². The molecule has 7 heteroatoms. The number of urea groups is 1. The van der Waals surface area contributed by atoms with Crippen molar-refractivity contribution >= 4 is 29.2 Å². The van der Waals surface area contributed by atoms with Gasteiger partial charge in [-0.1, -0.05) is 50.6 Å². The van der Waals surface area contributed by atoms with E-state index < -0.39 is 6.03 Å². The van der Waals surface area contributed by atoms with E-state index in [4.69, 9.17) is 0 Å². The summed E-state index contributed by atoms with van der Waals surface area (Å²) in [7, 11) is 0. The lowest BCUT2D eigenvalue weighted by atomic mass is 9.78. The van der Waals surface area contributed by atoms with Crippen molar-refractivity contribution in [2.45, 2.75) is 40.0 Å². The summed E-state index contributed by atoms with van der Waals surface area (Å²) in [6.07, 6.45) is 3.03. The number of para-hydroxylation sites is 1. The molecule has 0 unspecified atom stereocenters. The highest BCUT2D eigenvalue weighted by Crippen LogP contribution is 2.34. The van der Waals surface area contributed by atoms with Crippen LogP contribution in [0.5, 0.6) is 0 Å². The number of nitrogens with zero attached hydrogens (tertiary/aromatic N) is 2. The van der Waals surface area contributed by atoms with Gasteiger partial charge in [-0.15, -0.1) is 0 Å². The van der Waals surface area contributed by atoms with Crippen LogP contribution in [0.15, 0.2) is 54.6 Å². The predicted molar refractivity (Wildman–Crippen MR) is 131 cm³/mol. The Morgan fingerprint density at radius 1 is 1.03 bits per heavy atom. The van der Waals surface area contributed by atoms with Gasteiger partial charge >= 0.3 is 6.03 Å². The van der Waals surface area contributed by atoms with E-state index in [0.717, 1.165) is 24.8 Å². The molecule has 3 rings (SSSR count). The average molecular weight is 451 g/mol. The highest BCUT2D eigenvalue weighted by atomic mass is 16.2. The first-order valence-corrected chi connectivity index (χ1v) is 11.5. The van der Waals surface area contributed by atoms with Crippen molar-refractivity contribution in [2.24, 2.45) is 5.41 Å². The Hall–Kier alpha value is -3.35. The molecule has 0 saturated carbocycles. The first-order valence-electron chi connectivity index (χ1n) is 11.5. The number of benzene rings is 2. The van der Waals surface area contributed by atoms with E-state index in [9.17, 15) is 14.4 Å². The summed E-state index contributed by atoms with van der Waals surface area (Å²) in [5.41, 5.74) is 2.58. The molecule has 1 saturated heterocycles. The van der Waals surface area contributed by atoms with Gasteiger partial charge in [0.2, 0.25) is 11.8 Å². The number of rotatable bonds is 7. The molecule has 4 amide bonds. The zero-order valence-electron chi connectivity index (χ0n) is 19.8. The molecule has 7 nitrogen and oxygen atoms in total. The third kappa shape index (κ3) is 6.81. The van der Waals surface area contributed by atoms with Crippen LogP contribution in [0.1, 0.15) is 38.7 Å². The van der Waals surface area contributed by atoms with Gasteiger partial charge in [0, 0.05) is 24.5 Å². The number of hydrogen-bond donors (Lipinski definition) is 2. The fraction of sp³-hybridized carbons (Fsp3) is 0.423. The lowest BCUT2D eigenvalue weighted by molar-refractivity contribution is -0.133. The molecule has 0 aromatic heterocycles. The third-order valence-electron chi connectivity index (χ3n) is 6.52. The molecular weight excluding hydrogens is 416 g/mol. The topological polar surface area (TPSA) is 81.8 Å². The van der Waals surface area contributed by atoms with Crippen molar-refractivity contribution in [1.29, 1.82) is 0 Å². The normalized spacial score (nSPS) is 14.9. The minimum Gasteiger partial charge on any atom is -0.341 e. The maximum absolute atomic E-state index is 13.0. The number of amides is 4. The van der Waals surface area contributed by atoms with E-state index in [1.54, 1.807) is 18.2 Å². The summed E-state index contributed by atoms with van der Waals surface area (Å²) < 4.78 is 0. The first kappa shape index (κ1) is 24.3. The second-order valence-corrected chi connectivity index (χ2v) is 9.04. The number of carbonyl (C=O) groups is 3. The van der Waals surface area contributed by atoms with Gasteiger partial charge in [-0.3, -0.25) is 9.59 Å². The number of anilines is 2. The van der Waals surface area contributed by atoms with E-state index in [1.165, 1.54) is 4.90 Å². The Morgan fingerprint density at radius 2 is 1.73 bits per heavy atom. The molecule has 1 aliphatic rings. The SMILES string of the molecule is CCC1(C)CCN(C(=O)CN(C(=O)CNC(=O)Nc2cccc(C)c2)c2ccccc2)CC1. The van der Waals surface area contributed by atoms with Crippen molar-refractivity contribution in [2.75, 3.05) is 36.4 Å². The zero-order chi connectivity index (χ0) is 23.8. The number of piperidine rings is 1. The fourth-order valence-corrected chi connectivity index (χ4v) is 3.97. The molecule has 0 bridgehead atoms. The van der Waals surface area contributed by atoms with Crippen LogP contribution in [-0.2, 0) is 9.59 Å². The van der Waals surface area contributed by atoms with Gasteiger partial charge in [-0.05, 0) is 55.0 Å². The molecule has 0 spiro atoms. The van der Waals surface area contributed by atoms with Gasteiger partial charge in [-0.2, -0.15) is 0 Å². The Morgan fingerprint density at radius 3 is 2.36 bits per heavy atom. The van der Waals surface area contributed by atoms with Crippen LogP contribution in [0, 0.1) is 12.3 Å². The minimum atomic E-state index is -0.469. The molecule has 0 radical (unpaired) electrons. The molecule has 1 fully saturated rings. The van der Waals surface area contributed by atoms with Gasteiger partial charge in [-0.25, -0.2) is 4.79 Å². The summed E-state index contributed by atoms with van der Waals surface area (Å²) in [5, 5.41) is 5.33. The molecule has 33 heavy (non-hydrogen) atoms. The number of carbonyl (C=O) groups excluding carboxylic acids is 3. The standard InChI is InChI=1S/C26H34N4O3/c1-4-26(3)13-15-29(16-14-26)24(32)19-30(22-11-6-5-7-12-22)23(31)18-27-25(33)28-21-10-8-9-20(2)17-21/h5-12,17H,4,13-16,18-19H2,1-3H3,(H2,27,28,33). The first-order chi connectivity index (χ1) is 15.8. The number of likely N-dealkylation sites (tertiary alicyclic amines) is 1. The van der Waals surface area contributed by atoms with Crippen molar-refractivity contribution in [1.82, 2.24) is 10.2 Å². The van der Waals surface area contributed by atoms with Crippen LogP contribution < -0.4 is 15.5 Å². The molecule has 0 aliphatic carbocycles. The average Bonchev–Trinajstić information content (AvgIpc) is 2.82. The van der Waals surface area contributed by atoms with Crippen molar-refractivity contribution < 1.29 is 14.4 Å². The van der Waals surface area contributed by atoms with E-state index in [-0.39, 0.29) is 30.3 Å². The fourth-order valence-electron chi connectivity index (χ4n) is 3.97. The Kier molecular flexibility index (Phi) is 8.09. The quantitative estimate of drug-likeness (QED) is 0.664. The van der Waals surface area contributed by atoms with Crippen molar-refractivity contribution in [3.63, 3.8) is 0 Å². The van der Waals surface area contributed by atoms with Gasteiger partial charge in [0.15, 0.2) is 0 Å². The smallest absolute Gasteiger partial charge is 0.319 e. The number of nitrogens with one attached hydrogen (secondary N) is 2. The Bertz CT molecular complexity index is 969. The minimum absolute atomic E-state index is 0.0487. The molecule has 2 N–H and O–H groups in total. The number of hydrogen-bond acceptors (Lipinski definition) is 3.